The third kappa shape index (κ3) is 4.07. The van der Waals surface area contributed by atoms with Crippen LogP contribution in [0.2, 0.25) is 0 Å². The molecule has 2 unspecified atom stereocenters. The van der Waals surface area contributed by atoms with Crippen molar-refractivity contribution in [2.45, 2.75) is 31.3 Å². The maximum absolute atomic E-state index is 6.10. The summed E-state index contributed by atoms with van der Waals surface area (Å²) in [6.45, 7) is 3.45. The minimum Gasteiger partial charge on any atom is -0.383 e. The van der Waals surface area contributed by atoms with Crippen LogP contribution >= 0.6 is 0 Å². The van der Waals surface area contributed by atoms with Crippen molar-refractivity contribution in [3.63, 3.8) is 0 Å². The lowest BCUT2D eigenvalue weighted by Gasteiger charge is -2.31. The van der Waals surface area contributed by atoms with E-state index in [2.05, 4.69) is 4.90 Å². The minimum absolute atomic E-state index is 0.332. The summed E-state index contributed by atoms with van der Waals surface area (Å²) in [7, 11) is 3.48. The molecule has 90 valence electrons. The van der Waals surface area contributed by atoms with Gasteiger partial charge in [-0.2, -0.15) is 0 Å². The van der Waals surface area contributed by atoms with Crippen LogP contribution in [-0.4, -0.2) is 57.5 Å². The quantitative estimate of drug-likeness (QED) is 0.671. The van der Waals surface area contributed by atoms with Gasteiger partial charge in [-0.25, -0.2) is 0 Å². The second-order valence-corrected chi connectivity index (χ2v) is 4.18. The largest absolute Gasteiger partial charge is 0.383 e. The Labute approximate surface area is 92.7 Å². The van der Waals surface area contributed by atoms with Crippen molar-refractivity contribution in [3.8, 4) is 0 Å². The monoisotopic (exact) mass is 216 g/mol. The van der Waals surface area contributed by atoms with Gasteiger partial charge in [0.05, 0.1) is 13.2 Å². The molecular weight excluding hydrogens is 192 g/mol. The molecule has 0 aromatic carbocycles. The summed E-state index contributed by atoms with van der Waals surface area (Å²) < 4.78 is 10.2. The van der Waals surface area contributed by atoms with E-state index < -0.39 is 0 Å². The molecule has 1 aliphatic rings. The zero-order valence-electron chi connectivity index (χ0n) is 9.95. The van der Waals surface area contributed by atoms with Gasteiger partial charge in [0, 0.05) is 39.4 Å². The van der Waals surface area contributed by atoms with E-state index in [-0.39, 0.29) is 0 Å². The SMILES string of the molecule is COCCN(CCOC)C1CCCC1N. The molecule has 0 radical (unpaired) electrons. The maximum atomic E-state index is 6.10. The van der Waals surface area contributed by atoms with Crippen LogP contribution in [0.25, 0.3) is 0 Å². The highest BCUT2D eigenvalue weighted by Gasteiger charge is 2.28. The molecule has 4 nitrogen and oxygen atoms in total. The summed E-state index contributed by atoms with van der Waals surface area (Å²) in [5.74, 6) is 0. The lowest BCUT2D eigenvalue weighted by Crippen LogP contribution is -2.47. The lowest BCUT2D eigenvalue weighted by molar-refractivity contribution is 0.0842. The molecule has 0 heterocycles. The summed E-state index contributed by atoms with van der Waals surface area (Å²) in [5, 5.41) is 0. The Kier molecular flexibility index (Phi) is 6.17. The highest BCUT2D eigenvalue weighted by molar-refractivity contribution is 4.88. The smallest absolute Gasteiger partial charge is 0.0589 e. The number of methoxy groups -OCH3 is 2. The number of ether oxygens (including phenoxy) is 2. The van der Waals surface area contributed by atoms with Gasteiger partial charge in [0.2, 0.25) is 0 Å². The van der Waals surface area contributed by atoms with Crippen molar-refractivity contribution in [1.29, 1.82) is 0 Å². The topological polar surface area (TPSA) is 47.7 Å². The van der Waals surface area contributed by atoms with Crippen LogP contribution in [0, 0.1) is 0 Å². The van der Waals surface area contributed by atoms with Gasteiger partial charge in [0.1, 0.15) is 0 Å². The molecule has 0 spiro atoms. The van der Waals surface area contributed by atoms with Gasteiger partial charge in [0.15, 0.2) is 0 Å². The molecule has 0 aliphatic heterocycles. The van der Waals surface area contributed by atoms with Crippen LogP contribution in [0.1, 0.15) is 19.3 Å². The van der Waals surface area contributed by atoms with Crippen molar-refractivity contribution in [2.75, 3.05) is 40.5 Å². The van der Waals surface area contributed by atoms with E-state index in [0.29, 0.717) is 12.1 Å². The summed E-state index contributed by atoms with van der Waals surface area (Å²) in [6, 6.07) is 0.856. The van der Waals surface area contributed by atoms with Gasteiger partial charge in [0.25, 0.3) is 0 Å². The lowest BCUT2D eigenvalue weighted by atomic mass is 10.1. The molecule has 0 saturated heterocycles. The Hall–Kier alpha value is -0.160. The molecule has 0 bridgehead atoms. The van der Waals surface area contributed by atoms with E-state index in [0.717, 1.165) is 32.7 Å². The number of nitrogens with zero attached hydrogens (tertiary/aromatic N) is 1. The summed E-state index contributed by atoms with van der Waals surface area (Å²) >= 11 is 0. The first kappa shape index (κ1) is 12.9. The standard InChI is InChI=1S/C11H24N2O2/c1-14-8-6-13(7-9-15-2)11-5-3-4-10(11)12/h10-11H,3-9,12H2,1-2H3. The average Bonchev–Trinajstić information content (AvgIpc) is 2.65. The zero-order valence-corrected chi connectivity index (χ0v) is 9.95. The van der Waals surface area contributed by atoms with Crippen molar-refractivity contribution in [1.82, 2.24) is 4.90 Å². The van der Waals surface area contributed by atoms with Gasteiger partial charge in [-0.15, -0.1) is 0 Å². The Morgan fingerprint density at radius 1 is 1.13 bits per heavy atom. The van der Waals surface area contributed by atoms with E-state index in [1.165, 1.54) is 12.8 Å². The molecule has 4 heteroatoms. The molecule has 1 aliphatic carbocycles. The van der Waals surface area contributed by atoms with Crippen molar-refractivity contribution >= 4 is 0 Å². The summed E-state index contributed by atoms with van der Waals surface area (Å²) in [5.41, 5.74) is 6.10. The van der Waals surface area contributed by atoms with Crippen molar-refractivity contribution in [3.05, 3.63) is 0 Å². The first-order valence-electron chi connectivity index (χ1n) is 5.77. The molecule has 0 aromatic heterocycles. The Balaban J connectivity index is 2.38. The number of hydrogen-bond donors (Lipinski definition) is 1. The first-order chi connectivity index (χ1) is 7.29. The van der Waals surface area contributed by atoms with Crippen LogP contribution < -0.4 is 5.73 Å². The van der Waals surface area contributed by atoms with Crippen molar-refractivity contribution in [2.24, 2.45) is 5.73 Å². The van der Waals surface area contributed by atoms with Gasteiger partial charge in [-0.1, -0.05) is 6.42 Å². The van der Waals surface area contributed by atoms with Gasteiger partial charge < -0.3 is 15.2 Å². The Bertz CT molecular complexity index is 159. The molecule has 1 fully saturated rings. The maximum Gasteiger partial charge on any atom is 0.0589 e. The van der Waals surface area contributed by atoms with E-state index in [1.807, 2.05) is 0 Å². The number of rotatable bonds is 7. The van der Waals surface area contributed by atoms with E-state index in [1.54, 1.807) is 14.2 Å². The second kappa shape index (κ2) is 7.17. The normalized spacial score (nSPS) is 26.4. The zero-order chi connectivity index (χ0) is 11.1. The van der Waals surface area contributed by atoms with E-state index in [9.17, 15) is 0 Å². The second-order valence-electron chi connectivity index (χ2n) is 4.18. The third-order valence-corrected chi connectivity index (χ3v) is 3.17. The molecular formula is C11H24N2O2. The molecule has 2 N–H and O–H groups in total. The first-order valence-corrected chi connectivity index (χ1v) is 5.77. The highest BCUT2D eigenvalue weighted by Crippen LogP contribution is 2.22. The molecule has 0 amide bonds. The van der Waals surface area contributed by atoms with Crippen LogP contribution in [-0.2, 0) is 9.47 Å². The molecule has 1 saturated carbocycles. The molecule has 2 atom stereocenters. The number of hydrogen-bond acceptors (Lipinski definition) is 4. The van der Waals surface area contributed by atoms with Crippen molar-refractivity contribution < 1.29 is 9.47 Å². The predicted molar refractivity (Wildman–Crippen MR) is 60.9 cm³/mol. The van der Waals surface area contributed by atoms with Crippen LogP contribution in [0.3, 0.4) is 0 Å². The molecule has 1 rings (SSSR count). The van der Waals surface area contributed by atoms with Gasteiger partial charge in [-0.3, -0.25) is 4.90 Å². The number of nitrogens with two attached hydrogens (primary N) is 1. The third-order valence-electron chi connectivity index (χ3n) is 3.17. The molecule has 15 heavy (non-hydrogen) atoms. The van der Waals surface area contributed by atoms with E-state index >= 15 is 0 Å². The Morgan fingerprint density at radius 3 is 2.13 bits per heavy atom. The van der Waals surface area contributed by atoms with Gasteiger partial charge >= 0.3 is 0 Å². The van der Waals surface area contributed by atoms with Gasteiger partial charge in [-0.05, 0) is 12.8 Å². The Morgan fingerprint density at radius 2 is 1.73 bits per heavy atom. The van der Waals surface area contributed by atoms with Crippen LogP contribution in [0.15, 0.2) is 0 Å². The summed E-state index contributed by atoms with van der Waals surface area (Å²) in [4.78, 5) is 2.41. The average molecular weight is 216 g/mol. The van der Waals surface area contributed by atoms with E-state index in [4.69, 9.17) is 15.2 Å². The minimum atomic E-state index is 0.332. The fourth-order valence-electron chi connectivity index (χ4n) is 2.28. The summed E-state index contributed by atoms with van der Waals surface area (Å²) in [6.07, 6.45) is 3.62. The van der Waals surface area contributed by atoms with Crippen LogP contribution in [0.5, 0.6) is 0 Å². The predicted octanol–water partition coefficient (Wildman–Crippen LogP) is 0.461. The fraction of sp³-hybridized carbons (Fsp3) is 1.00. The fourth-order valence-corrected chi connectivity index (χ4v) is 2.28. The molecule has 0 aromatic rings. The highest BCUT2D eigenvalue weighted by atomic mass is 16.5. The van der Waals surface area contributed by atoms with Crippen LogP contribution in [0.4, 0.5) is 0 Å².